The Labute approximate surface area is 107 Å². The van der Waals surface area contributed by atoms with Gasteiger partial charge in [-0.05, 0) is 33.1 Å². The zero-order chi connectivity index (χ0) is 13.2. The van der Waals surface area contributed by atoms with E-state index in [2.05, 4.69) is 10.3 Å². The maximum atomic E-state index is 9.66. The molecule has 0 spiro atoms. The molecule has 18 heavy (non-hydrogen) atoms. The summed E-state index contributed by atoms with van der Waals surface area (Å²) in [6.07, 6.45) is 4.58. The molecule has 0 saturated carbocycles. The first-order valence-electron chi connectivity index (χ1n) is 6.45. The minimum Gasteiger partial charge on any atom is -0.390 e. The molecule has 6 nitrogen and oxygen atoms in total. The Balaban J connectivity index is 1.92. The highest BCUT2D eigenvalue weighted by Crippen LogP contribution is 2.23. The number of aryl methyl sites for hydroxylation is 1. The van der Waals surface area contributed by atoms with Crippen molar-refractivity contribution in [2.45, 2.75) is 57.4 Å². The van der Waals surface area contributed by atoms with Gasteiger partial charge in [-0.15, -0.1) is 5.10 Å². The first-order chi connectivity index (χ1) is 8.46. The largest absolute Gasteiger partial charge is 0.390 e. The van der Waals surface area contributed by atoms with Crippen LogP contribution in [0.4, 0.5) is 0 Å². The van der Waals surface area contributed by atoms with Crippen LogP contribution in [0, 0.1) is 0 Å². The van der Waals surface area contributed by atoms with Gasteiger partial charge in [-0.1, -0.05) is 5.21 Å². The van der Waals surface area contributed by atoms with Crippen molar-refractivity contribution in [3.05, 3.63) is 11.9 Å². The lowest BCUT2D eigenvalue weighted by Gasteiger charge is -2.16. The zero-order valence-electron chi connectivity index (χ0n) is 11.0. The van der Waals surface area contributed by atoms with Crippen molar-refractivity contribution in [2.75, 3.05) is 6.61 Å². The van der Waals surface area contributed by atoms with Crippen LogP contribution in [0.15, 0.2) is 6.20 Å². The van der Waals surface area contributed by atoms with Gasteiger partial charge < -0.3 is 15.6 Å². The van der Waals surface area contributed by atoms with Crippen LogP contribution in [0.1, 0.15) is 44.8 Å². The van der Waals surface area contributed by atoms with E-state index in [1.807, 2.05) is 6.20 Å². The van der Waals surface area contributed by atoms with E-state index >= 15 is 0 Å². The van der Waals surface area contributed by atoms with Gasteiger partial charge in [-0.3, -0.25) is 4.68 Å². The fourth-order valence-corrected chi connectivity index (χ4v) is 2.04. The van der Waals surface area contributed by atoms with E-state index in [0.717, 1.165) is 25.1 Å². The molecule has 0 bridgehead atoms. The van der Waals surface area contributed by atoms with E-state index in [0.29, 0.717) is 13.0 Å². The van der Waals surface area contributed by atoms with Crippen LogP contribution in [-0.2, 0) is 11.3 Å². The van der Waals surface area contributed by atoms with Crippen molar-refractivity contribution in [3.63, 3.8) is 0 Å². The normalized spacial score (nSPS) is 22.3. The van der Waals surface area contributed by atoms with Crippen molar-refractivity contribution in [1.29, 1.82) is 0 Å². The van der Waals surface area contributed by atoms with Gasteiger partial charge in [0.2, 0.25) is 0 Å². The minimum atomic E-state index is -0.692. The average Bonchev–Trinajstić information content (AvgIpc) is 2.96. The van der Waals surface area contributed by atoms with Crippen LogP contribution >= 0.6 is 0 Å². The molecule has 1 saturated heterocycles. The fourth-order valence-electron chi connectivity index (χ4n) is 2.04. The molecule has 1 aliphatic rings. The van der Waals surface area contributed by atoms with Crippen molar-refractivity contribution in [2.24, 2.45) is 5.73 Å². The summed E-state index contributed by atoms with van der Waals surface area (Å²) in [5.41, 5.74) is 6.18. The minimum absolute atomic E-state index is 0.0597. The highest BCUT2D eigenvalue weighted by Gasteiger charge is 2.26. The van der Waals surface area contributed by atoms with Crippen molar-refractivity contribution in [1.82, 2.24) is 15.0 Å². The predicted octanol–water partition coefficient (Wildman–Crippen LogP) is 0.618. The van der Waals surface area contributed by atoms with Gasteiger partial charge >= 0.3 is 0 Å². The number of ether oxygens (including phenoxy) is 1. The van der Waals surface area contributed by atoms with Gasteiger partial charge in [-0.25, -0.2) is 0 Å². The third-order valence-corrected chi connectivity index (χ3v) is 3.22. The number of nitrogens with zero attached hydrogens (tertiary/aromatic N) is 3. The number of aromatic nitrogens is 3. The molecule has 6 heteroatoms. The van der Waals surface area contributed by atoms with Gasteiger partial charge in [0.1, 0.15) is 5.69 Å². The van der Waals surface area contributed by atoms with E-state index in [9.17, 15) is 5.11 Å². The van der Waals surface area contributed by atoms with E-state index in [1.54, 1.807) is 18.5 Å². The molecule has 2 unspecified atom stereocenters. The van der Waals surface area contributed by atoms with E-state index in [4.69, 9.17) is 10.5 Å². The molecule has 1 aromatic heterocycles. The second-order valence-corrected chi connectivity index (χ2v) is 5.55. The highest BCUT2D eigenvalue weighted by atomic mass is 16.5. The SMILES string of the molecule is CC(C)(O)CCn1cc(C(N)C2CCCO2)nn1. The number of aliphatic hydroxyl groups is 1. The van der Waals surface area contributed by atoms with Crippen molar-refractivity contribution < 1.29 is 9.84 Å². The van der Waals surface area contributed by atoms with Crippen LogP contribution in [0.3, 0.4) is 0 Å². The van der Waals surface area contributed by atoms with Crippen LogP contribution < -0.4 is 5.73 Å². The zero-order valence-corrected chi connectivity index (χ0v) is 11.0. The smallest absolute Gasteiger partial charge is 0.102 e. The first-order valence-corrected chi connectivity index (χ1v) is 6.45. The third kappa shape index (κ3) is 3.51. The molecule has 0 amide bonds. The Morgan fingerprint density at radius 1 is 1.67 bits per heavy atom. The fraction of sp³-hybridized carbons (Fsp3) is 0.833. The lowest BCUT2D eigenvalue weighted by Crippen LogP contribution is -2.25. The molecule has 1 fully saturated rings. The molecule has 0 radical (unpaired) electrons. The molecule has 3 N–H and O–H groups in total. The molecule has 102 valence electrons. The summed E-state index contributed by atoms with van der Waals surface area (Å²) >= 11 is 0. The maximum absolute atomic E-state index is 9.66. The summed E-state index contributed by atoms with van der Waals surface area (Å²) in [5, 5.41) is 17.8. The molecule has 0 aliphatic carbocycles. The van der Waals surface area contributed by atoms with Gasteiger partial charge in [0.15, 0.2) is 0 Å². The summed E-state index contributed by atoms with van der Waals surface area (Å²) in [5.74, 6) is 0. The lowest BCUT2D eigenvalue weighted by atomic mass is 10.1. The maximum Gasteiger partial charge on any atom is 0.102 e. The quantitative estimate of drug-likeness (QED) is 0.804. The summed E-state index contributed by atoms with van der Waals surface area (Å²) < 4.78 is 7.27. The Hall–Kier alpha value is -0.980. The second-order valence-electron chi connectivity index (χ2n) is 5.55. The van der Waals surface area contributed by atoms with E-state index in [1.165, 1.54) is 0 Å². The molecule has 2 heterocycles. The van der Waals surface area contributed by atoms with Gasteiger partial charge in [-0.2, -0.15) is 0 Å². The van der Waals surface area contributed by atoms with Crippen LogP contribution in [0.5, 0.6) is 0 Å². The Morgan fingerprint density at radius 3 is 3.06 bits per heavy atom. The van der Waals surface area contributed by atoms with Crippen molar-refractivity contribution >= 4 is 0 Å². The highest BCUT2D eigenvalue weighted by molar-refractivity contribution is 5.03. The first kappa shape index (κ1) is 13.5. The van der Waals surface area contributed by atoms with E-state index < -0.39 is 5.60 Å². The number of hydrogen-bond donors (Lipinski definition) is 2. The summed E-state index contributed by atoms with van der Waals surface area (Å²) in [4.78, 5) is 0. The molecule has 2 atom stereocenters. The summed E-state index contributed by atoms with van der Waals surface area (Å²) in [6.45, 7) is 4.98. The molecule has 2 rings (SSSR count). The molecule has 1 aromatic rings. The molecule has 1 aliphatic heterocycles. The standard InChI is InChI=1S/C12H22N4O2/c1-12(2,17)5-6-16-8-9(14-15-16)11(13)10-4-3-7-18-10/h8,10-11,17H,3-7,13H2,1-2H3. The average molecular weight is 254 g/mol. The Morgan fingerprint density at radius 2 is 2.44 bits per heavy atom. The number of rotatable bonds is 5. The molecule has 0 aromatic carbocycles. The Bertz CT molecular complexity index is 380. The summed E-state index contributed by atoms with van der Waals surface area (Å²) in [6, 6.07) is -0.205. The topological polar surface area (TPSA) is 86.2 Å². The predicted molar refractivity (Wildman–Crippen MR) is 66.8 cm³/mol. The van der Waals surface area contributed by atoms with Crippen LogP contribution in [0.2, 0.25) is 0 Å². The van der Waals surface area contributed by atoms with Crippen LogP contribution in [-0.4, -0.2) is 38.4 Å². The molecular formula is C12H22N4O2. The van der Waals surface area contributed by atoms with Gasteiger partial charge in [0.25, 0.3) is 0 Å². The van der Waals surface area contributed by atoms with Gasteiger partial charge in [0.05, 0.1) is 23.9 Å². The monoisotopic (exact) mass is 254 g/mol. The summed E-state index contributed by atoms with van der Waals surface area (Å²) in [7, 11) is 0. The van der Waals surface area contributed by atoms with Crippen molar-refractivity contribution in [3.8, 4) is 0 Å². The second kappa shape index (κ2) is 5.34. The number of hydrogen-bond acceptors (Lipinski definition) is 5. The van der Waals surface area contributed by atoms with Gasteiger partial charge in [0, 0.05) is 13.2 Å². The lowest BCUT2D eigenvalue weighted by molar-refractivity contribution is 0.0649. The molecular weight excluding hydrogens is 232 g/mol. The van der Waals surface area contributed by atoms with E-state index in [-0.39, 0.29) is 12.1 Å². The Kier molecular flexibility index (Phi) is 3.99. The number of nitrogens with two attached hydrogens (primary N) is 1. The third-order valence-electron chi connectivity index (χ3n) is 3.22. The van der Waals surface area contributed by atoms with Crippen LogP contribution in [0.25, 0.3) is 0 Å².